The fourth-order valence-electron chi connectivity index (χ4n) is 2.29. The molecular formula is C13H18N2O3. The molecule has 1 fully saturated rings. The second-order valence-electron chi connectivity index (χ2n) is 4.45. The maximum atomic E-state index is 12.2. The lowest BCUT2D eigenvalue weighted by atomic mass is 10.0. The molecule has 1 aromatic heterocycles. The van der Waals surface area contributed by atoms with Gasteiger partial charge in [0.05, 0.1) is 19.0 Å². The van der Waals surface area contributed by atoms with E-state index in [1.54, 1.807) is 32.5 Å². The van der Waals surface area contributed by atoms with E-state index in [1.165, 1.54) is 0 Å². The van der Waals surface area contributed by atoms with Crippen molar-refractivity contribution in [3.8, 4) is 5.88 Å². The van der Waals surface area contributed by atoms with Gasteiger partial charge in [-0.2, -0.15) is 0 Å². The van der Waals surface area contributed by atoms with Crippen molar-refractivity contribution in [2.24, 2.45) is 0 Å². The fraction of sp³-hybridized carbons (Fsp3) is 0.538. The van der Waals surface area contributed by atoms with Crippen LogP contribution in [0, 0.1) is 0 Å². The van der Waals surface area contributed by atoms with E-state index < -0.39 is 5.60 Å². The number of methoxy groups -OCH3 is 2. The summed E-state index contributed by atoms with van der Waals surface area (Å²) in [6, 6.07) is 3.48. The van der Waals surface area contributed by atoms with Crippen LogP contribution in [-0.4, -0.2) is 30.7 Å². The molecule has 0 spiro atoms. The summed E-state index contributed by atoms with van der Waals surface area (Å²) in [6.07, 6.45) is 5.19. The van der Waals surface area contributed by atoms with Gasteiger partial charge in [-0.1, -0.05) is 0 Å². The molecule has 5 heteroatoms. The summed E-state index contributed by atoms with van der Waals surface area (Å²) in [4.78, 5) is 16.3. The van der Waals surface area contributed by atoms with Crippen molar-refractivity contribution in [3.63, 3.8) is 0 Å². The van der Waals surface area contributed by atoms with Crippen LogP contribution in [0.3, 0.4) is 0 Å². The Morgan fingerprint density at radius 3 is 2.56 bits per heavy atom. The van der Waals surface area contributed by atoms with Crippen molar-refractivity contribution < 1.29 is 14.3 Å². The van der Waals surface area contributed by atoms with Crippen molar-refractivity contribution in [3.05, 3.63) is 18.3 Å². The molecule has 0 aliphatic heterocycles. The first-order valence-electron chi connectivity index (χ1n) is 6.07. The van der Waals surface area contributed by atoms with Gasteiger partial charge >= 0.3 is 0 Å². The van der Waals surface area contributed by atoms with E-state index >= 15 is 0 Å². The molecule has 98 valence electrons. The minimum Gasteiger partial charge on any atom is -0.481 e. The van der Waals surface area contributed by atoms with E-state index in [-0.39, 0.29) is 5.91 Å². The van der Waals surface area contributed by atoms with Gasteiger partial charge < -0.3 is 14.8 Å². The number of anilines is 1. The molecule has 1 aliphatic carbocycles. The Morgan fingerprint density at radius 2 is 2.06 bits per heavy atom. The largest absolute Gasteiger partial charge is 0.481 e. The standard InChI is InChI=1S/C13H18N2O3/c1-17-11-6-5-10(9-14-11)15-12(16)13(18-2)7-3-4-8-13/h5-6,9H,3-4,7-8H2,1-2H3,(H,15,16). The molecule has 1 aliphatic rings. The summed E-state index contributed by atoms with van der Waals surface area (Å²) in [5.74, 6) is 0.435. The first-order valence-corrected chi connectivity index (χ1v) is 6.07. The number of ether oxygens (including phenoxy) is 2. The van der Waals surface area contributed by atoms with Crippen molar-refractivity contribution in [1.29, 1.82) is 0 Å². The molecule has 0 saturated heterocycles. The van der Waals surface area contributed by atoms with Crippen molar-refractivity contribution in [2.75, 3.05) is 19.5 Å². The van der Waals surface area contributed by atoms with Crippen LogP contribution < -0.4 is 10.1 Å². The van der Waals surface area contributed by atoms with E-state index in [9.17, 15) is 4.79 Å². The molecule has 1 saturated carbocycles. The first-order chi connectivity index (χ1) is 8.70. The van der Waals surface area contributed by atoms with Gasteiger partial charge in [-0.05, 0) is 31.7 Å². The zero-order valence-corrected chi connectivity index (χ0v) is 10.7. The second-order valence-corrected chi connectivity index (χ2v) is 4.45. The highest BCUT2D eigenvalue weighted by atomic mass is 16.5. The van der Waals surface area contributed by atoms with E-state index in [4.69, 9.17) is 9.47 Å². The molecular weight excluding hydrogens is 232 g/mol. The van der Waals surface area contributed by atoms with Crippen LogP contribution >= 0.6 is 0 Å². The summed E-state index contributed by atoms with van der Waals surface area (Å²) in [6.45, 7) is 0. The Morgan fingerprint density at radius 1 is 1.33 bits per heavy atom. The van der Waals surface area contributed by atoms with Crippen molar-refractivity contribution in [1.82, 2.24) is 4.98 Å². The van der Waals surface area contributed by atoms with Gasteiger partial charge in [-0.3, -0.25) is 4.79 Å². The molecule has 0 unspecified atom stereocenters. The van der Waals surface area contributed by atoms with E-state index in [2.05, 4.69) is 10.3 Å². The second kappa shape index (κ2) is 5.35. The molecule has 0 atom stereocenters. The van der Waals surface area contributed by atoms with Gasteiger partial charge in [0, 0.05) is 13.2 Å². The normalized spacial score (nSPS) is 17.4. The number of carbonyl (C=O) groups is 1. The Bertz CT molecular complexity index is 411. The Kier molecular flexibility index (Phi) is 3.81. The lowest BCUT2D eigenvalue weighted by Gasteiger charge is -2.25. The van der Waals surface area contributed by atoms with Gasteiger partial charge in [-0.25, -0.2) is 4.98 Å². The third-order valence-electron chi connectivity index (χ3n) is 3.42. The maximum Gasteiger partial charge on any atom is 0.256 e. The van der Waals surface area contributed by atoms with Gasteiger partial charge in [0.1, 0.15) is 5.60 Å². The number of nitrogens with zero attached hydrogens (tertiary/aromatic N) is 1. The third kappa shape index (κ3) is 2.46. The number of amides is 1. The molecule has 18 heavy (non-hydrogen) atoms. The zero-order valence-electron chi connectivity index (χ0n) is 10.7. The Hall–Kier alpha value is -1.62. The van der Waals surface area contributed by atoms with Crippen molar-refractivity contribution in [2.45, 2.75) is 31.3 Å². The third-order valence-corrected chi connectivity index (χ3v) is 3.42. The first kappa shape index (κ1) is 12.8. The van der Waals surface area contributed by atoms with Gasteiger partial charge in [0.25, 0.3) is 5.91 Å². The zero-order chi connectivity index (χ0) is 13.0. The Balaban J connectivity index is 2.05. The number of carbonyl (C=O) groups excluding carboxylic acids is 1. The smallest absolute Gasteiger partial charge is 0.256 e. The summed E-state index contributed by atoms with van der Waals surface area (Å²) in [5.41, 5.74) is -0.0101. The highest BCUT2D eigenvalue weighted by Gasteiger charge is 2.41. The van der Waals surface area contributed by atoms with Gasteiger partial charge in [0.15, 0.2) is 0 Å². The number of nitrogens with one attached hydrogen (secondary N) is 1. The summed E-state index contributed by atoms with van der Waals surface area (Å²) in [7, 11) is 3.15. The quantitative estimate of drug-likeness (QED) is 0.887. The minimum absolute atomic E-state index is 0.0885. The van der Waals surface area contributed by atoms with Gasteiger partial charge in [0.2, 0.25) is 5.88 Å². The lowest BCUT2D eigenvalue weighted by molar-refractivity contribution is -0.137. The summed E-state index contributed by atoms with van der Waals surface area (Å²) in [5, 5.41) is 2.84. The molecule has 1 heterocycles. The molecule has 5 nitrogen and oxygen atoms in total. The lowest BCUT2D eigenvalue weighted by Crippen LogP contribution is -2.42. The van der Waals surface area contributed by atoms with Crippen LogP contribution in [0.4, 0.5) is 5.69 Å². The highest BCUT2D eigenvalue weighted by molar-refractivity contribution is 5.97. The number of hydrogen-bond acceptors (Lipinski definition) is 4. The molecule has 0 bridgehead atoms. The SMILES string of the molecule is COc1ccc(NC(=O)C2(OC)CCCC2)cn1. The van der Waals surface area contributed by atoms with Crippen LogP contribution in [0.1, 0.15) is 25.7 Å². The van der Waals surface area contributed by atoms with Crippen molar-refractivity contribution >= 4 is 11.6 Å². The van der Waals surface area contributed by atoms with Crippen LogP contribution in [0.2, 0.25) is 0 Å². The average Bonchev–Trinajstić information content (AvgIpc) is 2.89. The molecule has 0 aromatic carbocycles. The van der Waals surface area contributed by atoms with Crippen LogP contribution in [0.25, 0.3) is 0 Å². The number of pyridine rings is 1. The van der Waals surface area contributed by atoms with Crippen LogP contribution in [-0.2, 0) is 9.53 Å². The summed E-state index contributed by atoms with van der Waals surface area (Å²) < 4.78 is 10.4. The molecule has 0 radical (unpaired) electrons. The fourth-order valence-corrected chi connectivity index (χ4v) is 2.29. The molecule has 1 aromatic rings. The van der Waals surface area contributed by atoms with E-state index in [1.807, 2.05) is 0 Å². The molecule has 1 N–H and O–H groups in total. The monoisotopic (exact) mass is 250 g/mol. The average molecular weight is 250 g/mol. The number of aromatic nitrogens is 1. The Labute approximate surface area is 107 Å². The summed E-state index contributed by atoms with van der Waals surface area (Å²) >= 11 is 0. The van der Waals surface area contributed by atoms with Crippen LogP contribution in [0.15, 0.2) is 18.3 Å². The topological polar surface area (TPSA) is 60.5 Å². The van der Waals surface area contributed by atoms with Gasteiger partial charge in [-0.15, -0.1) is 0 Å². The van der Waals surface area contributed by atoms with E-state index in [0.717, 1.165) is 25.7 Å². The molecule has 1 amide bonds. The van der Waals surface area contributed by atoms with E-state index in [0.29, 0.717) is 11.6 Å². The molecule has 2 rings (SSSR count). The minimum atomic E-state index is -0.667. The number of rotatable bonds is 4. The number of hydrogen-bond donors (Lipinski definition) is 1. The predicted octanol–water partition coefficient (Wildman–Crippen LogP) is 1.99. The predicted molar refractivity (Wildman–Crippen MR) is 67.6 cm³/mol. The highest BCUT2D eigenvalue weighted by Crippen LogP contribution is 2.33. The maximum absolute atomic E-state index is 12.2. The van der Waals surface area contributed by atoms with Crippen LogP contribution in [0.5, 0.6) is 5.88 Å².